The molecule has 0 bridgehead atoms. The second-order valence-corrected chi connectivity index (χ2v) is 3.83. The molecule has 1 aliphatic rings. The minimum atomic E-state index is 0.424. The summed E-state index contributed by atoms with van der Waals surface area (Å²) < 4.78 is 5.65. The van der Waals surface area contributed by atoms with Gasteiger partial charge in [0.1, 0.15) is 0 Å². The van der Waals surface area contributed by atoms with Gasteiger partial charge in [-0.2, -0.15) is 0 Å². The Morgan fingerprint density at radius 1 is 1.54 bits per heavy atom. The number of hydrogen-bond donors (Lipinski definition) is 2. The van der Waals surface area contributed by atoms with E-state index in [-0.39, 0.29) is 0 Å². The SMILES string of the molecule is CCCC(NN)C1CCOC1CC. The van der Waals surface area contributed by atoms with Gasteiger partial charge in [-0.05, 0) is 19.3 Å². The quantitative estimate of drug-likeness (QED) is 0.504. The van der Waals surface area contributed by atoms with E-state index in [1.165, 1.54) is 6.42 Å². The second kappa shape index (κ2) is 5.58. The smallest absolute Gasteiger partial charge is 0.0616 e. The first-order valence-corrected chi connectivity index (χ1v) is 5.41. The zero-order valence-electron chi connectivity index (χ0n) is 8.75. The number of nitrogens with two attached hydrogens (primary N) is 1. The van der Waals surface area contributed by atoms with Crippen molar-refractivity contribution in [2.75, 3.05) is 6.61 Å². The topological polar surface area (TPSA) is 47.3 Å². The molecule has 0 radical (unpaired) electrons. The zero-order valence-corrected chi connectivity index (χ0v) is 8.75. The molecule has 0 spiro atoms. The van der Waals surface area contributed by atoms with Crippen LogP contribution in [0.3, 0.4) is 0 Å². The van der Waals surface area contributed by atoms with E-state index in [0.717, 1.165) is 25.9 Å². The molecule has 0 aromatic carbocycles. The van der Waals surface area contributed by atoms with Gasteiger partial charge in [-0.1, -0.05) is 20.3 Å². The summed E-state index contributed by atoms with van der Waals surface area (Å²) in [5, 5.41) is 0. The van der Waals surface area contributed by atoms with E-state index in [0.29, 0.717) is 18.1 Å². The maximum absolute atomic E-state index is 5.65. The van der Waals surface area contributed by atoms with E-state index in [1.54, 1.807) is 0 Å². The average Bonchev–Trinajstić information content (AvgIpc) is 2.61. The molecule has 1 rings (SSSR count). The van der Waals surface area contributed by atoms with Gasteiger partial charge in [0.05, 0.1) is 6.10 Å². The fraction of sp³-hybridized carbons (Fsp3) is 1.00. The van der Waals surface area contributed by atoms with Crippen LogP contribution in [0.4, 0.5) is 0 Å². The summed E-state index contributed by atoms with van der Waals surface area (Å²) >= 11 is 0. The molecule has 13 heavy (non-hydrogen) atoms. The highest BCUT2D eigenvalue weighted by Gasteiger charge is 2.32. The van der Waals surface area contributed by atoms with Crippen LogP contribution in [-0.2, 0) is 4.74 Å². The van der Waals surface area contributed by atoms with Crippen molar-refractivity contribution < 1.29 is 4.74 Å². The van der Waals surface area contributed by atoms with E-state index in [1.807, 2.05) is 0 Å². The van der Waals surface area contributed by atoms with Gasteiger partial charge < -0.3 is 4.74 Å². The first kappa shape index (κ1) is 11.0. The Balaban J connectivity index is 2.46. The van der Waals surface area contributed by atoms with E-state index in [4.69, 9.17) is 10.6 Å². The summed E-state index contributed by atoms with van der Waals surface area (Å²) in [5.74, 6) is 6.17. The number of nitrogens with one attached hydrogen (secondary N) is 1. The molecule has 78 valence electrons. The molecule has 0 aromatic heterocycles. The molecular formula is C10H22N2O. The predicted octanol–water partition coefficient (Wildman–Crippen LogP) is 1.43. The summed E-state index contributed by atoms with van der Waals surface area (Å²) in [4.78, 5) is 0. The van der Waals surface area contributed by atoms with Gasteiger partial charge in [0.15, 0.2) is 0 Å². The lowest BCUT2D eigenvalue weighted by molar-refractivity contribution is 0.0763. The van der Waals surface area contributed by atoms with E-state index in [2.05, 4.69) is 19.3 Å². The molecule has 3 unspecified atom stereocenters. The number of rotatable bonds is 5. The number of ether oxygens (including phenoxy) is 1. The maximum atomic E-state index is 5.65. The van der Waals surface area contributed by atoms with Crippen LogP contribution in [0.1, 0.15) is 39.5 Å². The number of hydrogen-bond acceptors (Lipinski definition) is 3. The molecule has 0 saturated carbocycles. The molecule has 3 atom stereocenters. The summed E-state index contributed by atoms with van der Waals surface area (Å²) in [5.41, 5.74) is 2.93. The van der Waals surface area contributed by atoms with Gasteiger partial charge in [-0.15, -0.1) is 0 Å². The summed E-state index contributed by atoms with van der Waals surface area (Å²) in [7, 11) is 0. The van der Waals surface area contributed by atoms with Crippen LogP contribution in [0.5, 0.6) is 0 Å². The van der Waals surface area contributed by atoms with Crippen molar-refractivity contribution in [2.45, 2.75) is 51.7 Å². The Morgan fingerprint density at radius 3 is 2.85 bits per heavy atom. The van der Waals surface area contributed by atoms with Crippen molar-refractivity contribution in [1.82, 2.24) is 5.43 Å². The van der Waals surface area contributed by atoms with Gasteiger partial charge in [-0.25, -0.2) is 0 Å². The van der Waals surface area contributed by atoms with Crippen LogP contribution < -0.4 is 11.3 Å². The van der Waals surface area contributed by atoms with Gasteiger partial charge in [0.2, 0.25) is 0 Å². The van der Waals surface area contributed by atoms with Crippen molar-refractivity contribution in [3.8, 4) is 0 Å². The van der Waals surface area contributed by atoms with Gasteiger partial charge in [-0.3, -0.25) is 11.3 Å². The lowest BCUT2D eigenvalue weighted by Crippen LogP contribution is -2.43. The normalized spacial score (nSPS) is 30.7. The molecule has 3 heteroatoms. The lowest BCUT2D eigenvalue weighted by Gasteiger charge is -2.26. The molecule has 1 heterocycles. The fourth-order valence-corrected chi connectivity index (χ4v) is 2.28. The largest absolute Gasteiger partial charge is 0.378 e. The van der Waals surface area contributed by atoms with Crippen LogP contribution in [0.15, 0.2) is 0 Å². The minimum Gasteiger partial charge on any atom is -0.378 e. The van der Waals surface area contributed by atoms with E-state index in [9.17, 15) is 0 Å². The van der Waals surface area contributed by atoms with Crippen molar-refractivity contribution in [3.63, 3.8) is 0 Å². The first-order chi connectivity index (χ1) is 6.33. The molecule has 1 fully saturated rings. The Kier molecular flexibility index (Phi) is 4.70. The maximum Gasteiger partial charge on any atom is 0.0616 e. The van der Waals surface area contributed by atoms with Crippen LogP contribution in [0.2, 0.25) is 0 Å². The average molecular weight is 186 g/mol. The van der Waals surface area contributed by atoms with Gasteiger partial charge in [0, 0.05) is 18.6 Å². The zero-order chi connectivity index (χ0) is 9.68. The third-order valence-corrected chi connectivity index (χ3v) is 2.99. The van der Waals surface area contributed by atoms with Crippen LogP contribution in [0, 0.1) is 5.92 Å². The van der Waals surface area contributed by atoms with Crippen molar-refractivity contribution in [2.24, 2.45) is 11.8 Å². The third kappa shape index (κ3) is 2.66. The molecule has 1 aliphatic heterocycles. The standard InChI is InChI=1S/C10H22N2O/c1-3-5-9(12-11)8-6-7-13-10(8)4-2/h8-10,12H,3-7,11H2,1-2H3. The van der Waals surface area contributed by atoms with Crippen LogP contribution in [-0.4, -0.2) is 18.8 Å². The highest BCUT2D eigenvalue weighted by Crippen LogP contribution is 2.27. The highest BCUT2D eigenvalue weighted by molar-refractivity contribution is 4.84. The molecule has 3 nitrogen and oxygen atoms in total. The van der Waals surface area contributed by atoms with Crippen molar-refractivity contribution >= 4 is 0 Å². The second-order valence-electron chi connectivity index (χ2n) is 3.83. The monoisotopic (exact) mass is 186 g/mol. The van der Waals surface area contributed by atoms with E-state index < -0.39 is 0 Å². The van der Waals surface area contributed by atoms with Crippen molar-refractivity contribution in [1.29, 1.82) is 0 Å². The molecule has 1 saturated heterocycles. The minimum absolute atomic E-state index is 0.424. The number of hydrazine groups is 1. The Bertz CT molecular complexity index is 141. The summed E-state index contributed by atoms with van der Waals surface area (Å²) in [6.07, 6.45) is 5.02. The fourth-order valence-electron chi connectivity index (χ4n) is 2.28. The Hall–Kier alpha value is -0.120. The van der Waals surface area contributed by atoms with Gasteiger partial charge >= 0.3 is 0 Å². The molecule has 0 aromatic rings. The Morgan fingerprint density at radius 2 is 2.31 bits per heavy atom. The predicted molar refractivity (Wildman–Crippen MR) is 54.2 cm³/mol. The molecule has 3 N–H and O–H groups in total. The Labute approximate surface area is 81.0 Å². The molecular weight excluding hydrogens is 164 g/mol. The highest BCUT2D eigenvalue weighted by atomic mass is 16.5. The van der Waals surface area contributed by atoms with E-state index >= 15 is 0 Å². The summed E-state index contributed by atoms with van der Waals surface area (Å²) in [6, 6.07) is 0.442. The molecule has 0 aliphatic carbocycles. The molecule has 0 amide bonds. The first-order valence-electron chi connectivity index (χ1n) is 5.41. The summed E-state index contributed by atoms with van der Waals surface area (Å²) in [6.45, 7) is 5.29. The van der Waals surface area contributed by atoms with Gasteiger partial charge in [0.25, 0.3) is 0 Å². The van der Waals surface area contributed by atoms with Crippen molar-refractivity contribution in [3.05, 3.63) is 0 Å². The van der Waals surface area contributed by atoms with Crippen LogP contribution >= 0.6 is 0 Å². The lowest BCUT2D eigenvalue weighted by atomic mass is 9.89. The van der Waals surface area contributed by atoms with Crippen LogP contribution in [0.25, 0.3) is 0 Å². The third-order valence-electron chi connectivity index (χ3n) is 2.99.